The first-order valence-corrected chi connectivity index (χ1v) is 9.45. The molecule has 0 bridgehead atoms. The topological polar surface area (TPSA) is 76.3 Å². The van der Waals surface area contributed by atoms with E-state index >= 15 is 0 Å². The average Bonchev–Trinajstić information content (AvgIpc) is 2.55. The van der Waals surface area contributed by atoms with Crippen molar-refractivity contribution in [3.05, 3.63) is 36.0 Å². The molecule has 1 aromatic carbocycles. The molecule has 2 N–H and O–H groups in total. The lowest BCUT2D eigenvalue weighted by molar-refractivity contribution is 0.243. The smallest absolute Gasteiger partial charge is 0.243 e. The zero-order chi connectivity index (χ0) is 16.6. The van der Waals surface area contributed by atoms with Crippen molar-refractivity contribution in [3.63, 3.8) is 0 Å². The Bertz CT molecular complexity index is 818. The van der Waals surface area contributed by atoms with Crippen LogP contribution >= 0.6 is 0 Å². The van der Waals surface area contributed by atoms with Crippen LogP contribution < -0.4 is 5.73 Å². The first-order chi connectivity index (χ1) is 10.9. The zero-order valence-corrected chi connectivity index (χ0v) is 14.4. The van der Waals surface area contributed by atoms with Crippen LogP contribution in [0.3, 0.4) is 0 Å². The molecule has 2 heterocycles. The molecule has 2 aromatic rings. The summed E-state index contributed by atoms with van der Waals surface area (Å²) in [5, 5.41) is 0.690. The number of benzene rings is 1. The van der Waals surface area contributed by atoms with E-state index in [1.165, 1.54) is 0 Å². The minimum absolute atomic E-state index is 0.00410. The fourth-order valence-corrected chi connectivity index (χ4v) is 4.99. The second-order valence-corrected chi connectivity index (χ2v) is 8.31. The molecule has 0 saturated carbocycles. The molecule has 124 valence electrons. The van der Waals surface area contributed by atoms with E-state index < -0.39 is 10.0 Å². The Morgan fingerprint density at radius 1 is 1.35 bits per heavy atom. The van der Waals surface area contributed by atoms with E-state index in [-0.39, 0.29) is 12.0 Å². The maximum absolute atomic E-state index is 13.1. The number of sulfonamides is 1. The summed E-state index contributed by atoms with van der Waals surface area (Å²) in [7, 11) is -3.53. The molecule has 23 heavy (non-hydrogen) atoms. The molecule has 1 aliphatic rings. The lowest BCUT2D eigenvalue weighted by Gasteiger charge is -2.34. The maximum atomic E-state index is 13.1. The van der Waals surface area contributed by atoms with Crippen molar-refractivity contribution in [2.75, 3.05) is 13.1 Å². The van der Waals surface area contributed by atoms with Gasteiger partial charge in [-0.15, -0.1) is 0 Å². The van der Waals surface area contributed by atoms with Crippen LogP contribution in [0.1, 0.15) is 25.3 Å². The minimum atomic E-state index is -3.53. The normalized spacial score (nSPS) is 21.4. The van der Waals surface area contributed by atoms with Crippen molar-refractivity contribution in [3.8, 4) is 0 Å². The number of nitrogens with two attached hydrogens (primary N) is 1. The van der Waals surface area contributed by atoms with E-state index in [1.807, 2.05) is 26.0 Å². The lowest BCUT2D eigenvalue weighted by Crippen LogP contribution is -2.45. The first-order valence-electron chi connectivity index (χ1n) is 8.01. The summed E-state index contributed by atoms with van der Waals surface area (Å²) in [6, 6.07) is 7.14. The highest BCUT2D eigenvalue weighted by Crippen LogP contribution is 2.30. The monoisotopic (exact) mass is 333 g/mol. The molecular formula is C17H23N3O2S. The second kappa shape index (κ2) is 6.19. The van der Waals surface area contributed by atoms with Gasteiger partial charge in [-0.3, -0.25) is 4.98 Å². The number of piperidine rings is 1. The average molecular weight is 333 g/mol. The van der Waals surface area contributed by atoms with Crippen LogP contribution in [0, 0.1) is 12.8 Å². The molecule has 1 fully saturated rings. The predicted octanol–water partition coefficient (Wildman–Crippen LogP) is 2.29. The van der Waals surface area contributed by atoms with E-state index in [2.05, 4.69) is 4.98 Å². The van der Waals surface area contributed by atoms with E-state index in [9.17, 15) is 8.42 Å². The number of hydrogen-bond donors (Lipinski definition) is 1. The van der Waals surface area contributed by atoms with Crippen molar-refractivity contribution in [2.24, 2.45) is 11.7 Å². The van der Waals surface area contributed by atoms with Gasteiger partial charge < -0.3 is 5.73 Å². The standard InChI is InChI=1S/C17H23N3O2S/c1-12-7-8-16(15-6-3-9-19-17(12)15)23(21,22)20-10-4-5-14(11-20)13(2)18/h3,6-9,13-14H,4-5,10-11,18H2,1-2H3. The molecule has 1 saturated heterocycles. The summed E-state index contributed by atoms with van der Waals surface area (Å²) < 4.78 is 27.9. The molecule has 2 unspecified atom stereocenters. The molecule has 6 heteroatoms. The van der Waals surface area contributed by atoms with Crippen molar-refractivity contribution >= 4 is 20.9 Å². The number of fused-ring (bicyclic) bond motifs is 1. The van der Waals surface area contributed by atoms with E-state index in [1.54, 1.807) is 22.6 Å². The number of hydrogen-bond acceptors (Lipinski definition) is 4. The second-order valence-electron chi connectivity index (χ2n) is 6.40. The van der Waals surface area contributed by atoms with Crippen LogP contribution in [-0.2, 0) is 10.0 Å². The molecule has 1 aromatic heterocycles. The molecule has 5 nitrogen and oxygen atoms in total. The molecule has 3 rings (SSSR count). The van der Waals surface area contributed by atoms with Crippen molar-refractivity contribution in [2.45, 2.75) is 37.6 Å². The van der Waals surface area contributed by atoms with Gasteiger partial charge in [0.25, 0.3) is 0 Å². The van der Waals surface area contributed by atoms with Gasteiger partial charge in [0.15, 0.2) is 0 Å². The SMILES string of the molecule is Cc1ccc(S(=O)(=O)N2CCCC(C(C)N)C2)c2cccnc12. The fraction of sp³-hybridized carbons (Fsp3) is 0.471. The number of pyridine rings is 1. The summed E-state index contributed by atoms with van der Waals surface area (Å²) in [6.45, 7) is 4.95. The minimum Gasteiger partial charge on any atom is -0.328 e. The Balaban J connectivity index is 2.05. The molecule has 0 spiro atoms. The summed E-state index contributed by atoms with van der Waals surface area (Å²) >= 11 is 0. The summed E-state index contributed by atoms with van der Waals surface area (Å²) in [5.41, 5.74) is 7.71. The zero-order valence-electron chi connectivity index (χ0n) is 13.6. The number of aromatic nitrogens is 1. The lowest BCUT2D eigenvalue weighted by atomic mass is 9.93. The van der Waals surface area contributed by atoms with E-state index in [4.69, 9.17) is 5.73 Å². The molecule has 0 radical (unpaired) electrons. The van der Waals surface area contributed by atoms with Gasteiger partial charge in [0, 0.05) is 30.7 Å². The van der Waals surface area contributed by atoms with Crippen molar-refractivity contribution in [1.82, 2.24) is 9.29 Å². The highest BCUT2D eigenvalue weighted by atomic mass is 32.2. The Hall–Kier alpha value is -1.50. The summed E-state index contributed by atoms with van der Waals surface area (Å²) in [4.78, 5) is 4.68. The van der Waals surface area contributed by atoms with Crippen LogP contribution in [0.5, 0.6) is 0 Å². The van der Waals surface area contributed by atoms with Gasteiger partial charge in [0.2, 0.25) is 10.0 Å². The van der Waals surface area contributed by atoms with Gasteiger partial charge in [-0.2, -0.15) is 4.31 Å². The highest BCUT2D eigenvalue weighted by Gasteiger charge is 2.32. The third-order valence-electron chi connectivity index (χ3n) is 4.71. The number of nitrogens with zero attached hydrogens (tertiary/aromatic N) is 2. The van der Waals surface area contributed by atoms with E-state index in [0.29, 0.717) is 23.4 Å². The van der Waals surface area contributed by atoms with Crippen LogP contribution in [-0.4, -0.2) is 36.8 Å². The van der Waals surface area contributed by atoms with Gasteiger partial charge in [-0.25, -0.2) is 8.42 Å². The number of aryl methyl sites for hydroxylation is 1. The van der Waals surface area contributed by atoms with Crippen LogP contribution in [0.25, 0.3) is 10.9 Å². The van der Waals surface area contributed by atoms with Gasteiger partial charge in [-0.1, -0.05) is 6.07 Å². The predicted molar refractivity (Wildman–Crippen MR) is 91.6 cm³/mol. The fourth-order valence-electron chi connectivity index (χ4n) is 3.27. The largest absolute Gasteiger partial charge is 0.328 e. The van der Waals surface area contributed by atoms with Crippen molar-refractivity contribution in [1.29, 1.82) is 0 Å². The quantitative estimate of drug-likeness (QED) is 0.935. The van der Waals surface area contributed by atoms with Gasteiger partial charge in [0.1, 0.15) is 0 Å². The first kappa shape index (κ1) is 16.4. The van der Waals surface area contributed by atoms with Crippen LogP contribution in [0.4, 0.5) is 0 Å². The highest BCUT2D eigenvalue weighted by molar-refractivity contribution is 7.89. The third kappa shape index (κ3) is 2.98. The Kier molecular flexibility index (Phi) is 4.40. The van der Waals surface area contributed by atoms with E-state index in [0.717, 1.165) is 23.9 Å². The van der Waals surface area contributed by atoms with Crippen LogP contribution in [0.2, 0.25) is 0 Å². The van der Waals surface area contributed by atoms with Gasteiger partial charge in [-0.05, 0) is 56.4 Å². The van der Waals surface area contributed by atoms with Crippen LogP contribution in [0.15, 0.2) is 35.4 Å². The van der Waals surface area contributed by atoms with Gasteiger partial charge >= 0.3 is 0 Å². The Labute approximate surface area is 137 Å². The maximum Gasteiger partial charge on any atom is 0.243 e. The summed E-state index contributed by atoms with van der Waals surface area (Å²) in [5.74, 6) is 0.216. The molecule has 1 aliphatic heterocycles. The number of rotatable bonds is 3. The van der Waals surface area contributed by atoms with Gasteiger partial charge in [0.05, 0.1) is 10.4 Å². The third-order valence-corrected chi connectivity index (χ3v) is 6.64. The molecular weight excluding hydrogens is 310 g/mol. The molecule has 0 amide bonds. The Morgan fingerprint density at radius 2 is 2.13 bits per heavy atom. The molecule has 0 aliphatic carbocycles. The summed E-state index contributed by atoms with van der Waals surface area (Å²) in [6.07, 6.45) is 3.53. The molecule has 2 atom stereocenters. The Morgan fingerprint density at radius 3 is 2.87 bits per heavy atom. The van der Waals surface area contributed by atoms with Crippen molar-refractivity contribution < 1.29 is 8.42 Å².